The van der Waals surface area contributed by atoms with E-state index in [0.717, 1.165) is 25.0 Å². The zero-order valence-corrected chi connectivity index (χ0v) is 25.2. The smallest absolute Gasteiger partial charge is 0.405 e. The Morgan fingerprint density at radius 3 is 2.41 bits per heavy atom. The first-order valence-electron chi connectivity index (χ1n) is 14.1. The molecule has 1 unspecified atom stereocenters. The second-order valence-corrected chi connectivity index (χ2v) is 11.5. The van der Waals surface area contributed by atoms with Gasteiger partial charge in [-0.05, 0) is 62.9 Å². The number of hydrogen-bond acceptors (Lipinski definition) is 8. The Kier molecular flexibility index (Phi) is 9.65. The molecular formula is C31H36F3N3O7. The lowest BCUT2D eigenvalue weighted by Gasteiger charge is -2.39. The standard InChI is InChI=1S/C31H36F3N3O7/c1-6-40-23-14-19(32)10-11-20(23)26(38)36-15-21-25(31(5,30(2,3)4)44-29(35)39)43-27(37-21)18-9-12-22(42-28(33)34)24(13-18)41-16-17-7-8-17/h9-14,17,28H,6-8,15-16H2,1-5H3,(H2,35,39)(H,36,38). The van der Waals surface area contributed by atoms with Crippen LogP contribution in [-0.2, 0) is 16.9 Å². The van der Waals surface area contributed by atoms with E-state index >= 15 is 0 Å². The molecule has 10 nitrogen and oxygen atoms in total. The first-order chi connectivity index (χ1) is 20.7. The van der Waals surface area contributed by atoms with Gasteiger partial charge in [0.25, 0.3) is 5.91 Å². The van der Waals surface area contributed by atoms with Gasteiger partial charge < -0.3 is 34.4 Å². The highest BCUT2D eigenvalue weighted by Gasteiger charge is 2.48. The zero-order chi connectivity index (χ0) is 32.2. The molecule has 1 aliphatic carbocycles. The molecule has 13 heteroatoms. The first kappa shape index (κ1) is 32.5. The van der Waals surface area contributed by atoms with Crippen LogP contribution in [0.15, 0.2) is 40.8 Å². The second-order valence-electron chi connectivity index (χ2n) is 11.5. The maximum atomic E-state index is 13.8. The number of ether oxygens (including phenoxy) is 4. The number of carbonyl (C=O) groups excluding carboxylic acids is 2. The maximum absolute atomic E-state index is 13.8. The highest BCUT2D eigenvalue weighted by molar-refractivity contribution is 5.96. The summed E-state index contributed by atoms with van der Waals surface area (Å²) in [6, 6.07) is 7.80. The summed E-state index contributed by atoms with van der Waals surface area (Å²) in [7, 11) is 0. The summed E-state index contributed by atoms with van der Waals surface area (Å²) in [5.41, 5.74) is 3.83. The van der Waals surface area contributed by atoms with Crippen molar-refractivity contribution in [3.63, 3.8) is 0 Å². The number of halogens is 3. The van der Waals surface area contributed by atoms with Crippen molar-refractivity contribution in [3.8, 4) is 28.7 Å². The van der Waals surface area contributed by atoms with Gasteiger partial charge in [0.2, 0.25) is 5.89 Å². The van der Waals surface area contributed by atoms with Crippen molar-refractivity contribution in [3.05, 3.63) is 59.2 Å². The lowest BCUT2D eigenvalue weighted by molar-refractivity contribution is -0.0710. The third-order valence-electron chi connectivity index (χ3n) is 7.35. The SMILES string of the molecule is CCOc1cc(F)ccc1C(=O)NCc1nc(-c2ccc(OC(F)F)c(OCC3CC3)c2)oc1C(C)(OC(N)=O)C(C)(C)C. The lowest BCUT2D eigenvalue weighted by Crippen LogP contribution is -2.43. The summed E-state index contributed by atoms with van der Waals surface area (Å²) in [5.74, 6) is -0.691. The van der Waals surface area contributed by atoms with Gasteiger partial charge in [0, 0.05) is 17.0 Å². The Hall–Kier alpha value is -4.42. The van der Waals surface area contributed by atoms with Gasteiger partial charge in [-0.2, -0.15) is 8.78 Å². The summed E-state index contributed by atoms with van der Waals surface area (Å²) < 4.78 is 67.6. The van der Waals surface area contributed by atoms with E-state index in [2.05, 4.69) is 15.0 Å². The third kappa shape index (κ3) is 7.56. The number of primary amides is 1. The average Bonchev–Trinajstić information content (AvgIpc) is 3.66. The van der Waals surface area contributed by atoms with Crippen LogP contribution in [0.1, 0.15) is 69.3 Å². The summed E-state index contributed by atoms with van der Waals surface area (Å²) >= 11 is 0. The molecule has 0 bridgehead atoms. The fraction of sp³-hybridized carbons (Fsp3) is 0.452. The molecule has 2 amide bonds. The average molecular weight is 620 g/mol. The molecule has 1 heterocycles. The monoisotopic (exact) mass is 619 g/mol. The number of rotatable bonds is 13. The predicted molar refractivity (Wildman–Crippen MR) is 153 cm³/mol. The van der Waals surface area contributed by atoms with Gasteiger partial charge in [-0.25, -0.2) is 14.2 Å². The fourth-order valence-electron chi connectivity index (χ4n) is 4.37. The van der Waals surface area contributed by atoms with Crippen LogP contribution in [0.3, 0.4) is 0 Å². The molecule has 2 aromatic carbocycles. The van der Waals surface area contributed by atoms with Gasteiger partial charge >= 0.3 is 12.7 Å². The largest absolute Gasteiger partial charge is 0.493 e. The van der Waals surface area contributed by atoms with Crippen LogP contribution >= 0.6 is 0 Å². The topological polar surface area (TPSA) is 135 Å². The Balaban J connectivity index is 1.75. The van der Waals surface area contributed by atoms with E-state index < -0.39 is 35.4 Å². The van der Waals surface area contributed by atoms with Crippen molar-refractivity contribution in [2.24, 2.45) is 17.1 Å². The molecule has 0 radical (unpaired) electrons. The first-order valence-corrected chi connectivity index (χ1v) is 14.1. The number of benzene rings is 2. The maximum Gasteiger partial charge on any atom is 0.405 e. The second kappa shape index (κ2) is 13.1. The number of carbonyl (C=O) groups is 2. The molecule has 0 saturated heterocycles. The quantitative estimate of drug-likeness (QED) is 0.220. The minimum atomic E-state index is -3.06. The summed E-state index contributed by atoms with van der Waals surface area (Å²) in [6.07, 6.45) is 0.906. The van der Waals surface area contributed by atoms with E-state index in [1.165, 1.54) is 24.3 Å². The minimum Gasteiger partial charge on any atom is -0.493 e. The molecule has 238 valence electrons. The molecule has 0 aliphatic heterocycles. The molecule has 1 aromatic heterocycles. The van der Waals surface area contributed by atoms with Crippen LogP contribution in [0.2, 0.25) is 0 Å². The van der Waals surface area contributed by atoms with E-state index in [-0.39, 0.29) is 53.3 Å². The van der Waals surface area contributed by atoms with Crippen molar-refractivity contribution < 1.29 is 46.1 Å². The van der Waals surface area contributed by atoms with Crippen LogP contribution < -0.4 is 25.3 Å². The number of nitrogens with two attached hydrogens (primary N) is 1. The summed E-state index contributed by atoms with van der Waals surface area (Å²) in [4.78, 5) is 29.8. The Labute approximate surface area is 253 Å². The number of oxazole rings is 1. The summed E-state index contributed by atoms with van der Waals surface area (Å²) in [5, 5.41) is 2.73. The van der Waals surface area contributed by atoms with Gasteiger partial charge in [0.1, 0.15) is 17.3 Å². The highest BCUT2D eigenvalue weighted by Crippen LogP contribution is 2.46. The Morgan fingerprint density at radius 2 is 1.80 bits per heavy atom. The third-order valence-corrected chi connectivity index (χ3v) is 7.35. The predicted octanol–water partition coefficient (Wildman–Crippen LogP) is 6.56. The number of nitrogens with one attached hydrogen (secondary N) is 1. The van der Waals surface area contributed by atoms with E-state index in [0.29, 0.717) is 18.1 Å². The normalized spacial score (nSPS) is 14.6. The van der Waals surface area contributed by atoms with Gasteiger partial charge in [-0.3, -0.25) is 4.79 Å². The van der Waals surface area contributed by atoms with Crippen molar-refractivity contribution >= 4 is 12.0 Å². The van der Waals surface area contributed by atoms with Crippen molar-refractivity contribution in [1.82, 2.24) is 10.3 Å². The van der Waals surface area contributed by atoms with Crippen LogP contribution in [0, 0.1) is 17.2 Å². The van der Waals surface area contributed by atoms with E-state index in [1.54, 1.807) is 34.6 Å². The number of hydrogen-bond donors (Lipinski definition) is 2. The van der Waals surface area contributed by atoms with Gasteiger partial charge in [-0.15, -0.1) is 0 Å². The molecular weight excluding hydrogens is 583 g/mol. The fourth-order valence-corrected chi connectivity index (χ4v) is 4.37. The molecule has 3 aromatic rings. The molecule has 1 saturated carbocycles. The number of amides is 2. The lowest BCUT2D eigenvalue weighted by atomic mass is 9.75. The number of aromatic nitrogens is 1. The van der Waals surface area contributed by atoms with Crippen LogP contribution in [0.5, 0.6) is 17.2 Å². The van der Waals surface area contributed by atoms with Gasteiger partial charge in [0.05, 0.1) is 25.3 Å². The van der Waals surface area contributed by atoms with Crippen LogP contribution in [-0.4, -0.2) is 36.8 Å². The van der Waals surface area contributed by atoms with Crippen molar-refractivity contribution in [2.45, 2.75) is 66.2 Å². The van der Waals surface area contributed by atoms with Crippen LogP contribution in [0.25, 0.3) is 11.5 Å². The molecule has 44 heavy (non-hydrogen) atoms. The van der Waals surface area contributed by atoms with E-state index in [1.807, 2.05) is 0 Å². The van der Waals surface area contributed by atoms with Gasteiger partial charge in [-0.1, -0.05) is 20.8 Å². The number of nitrogens with zero attached hydrogens (tertiary/aromatic N) is 1. The molecule has 3 N–H and O–H groups in total. The van der Waals surface area contributed by atoms with Crippen molar-refractivity contribution in [2.75, 3.05) is 13.2 Å². The number of alkyl halides is 2. The van der Waals surface area contributed by atoms with Gasteiger partial charge in [0.15, 0.2) is 22.9 Å². The molecule has 1 fully saturated rings. The molecule has 1 aliphatic rings. The van der Waals surface area contributed by atoms with E-state index in [9.17, 15) is 22.8 Å². The minimum absolute atomic E-state index is 0.0319. The highest BCUT2D eigenvalue weighted by atomic mass is 19.3. The molecule has 1 atom stereocenters. The Morgan fingerprint density at radius 1 is 1.07 bits per heavy atom. The molecule has 0 spiro atoms. The van der Waals surface area contributed by atoms with Crippen molar-refractivity contribution in [1.29, 1.82) is 0 Å². The molecule has 4 rings (SSSR count). The summed E-state index contributed by atoms with van der Waals surface area (Å²) in [6.45, 7) is 5.98. The van der Waals surface area contributed by atoms with E-state index in [4.69, 9.17) is 24.4 Å². The zero-order valence-electron chi connectivity index (χ0n) is 25.2. The Bertz CT molecular complexity index is 1500. The van der Waals surface area contributed by atoms with Crippen LogP contribution in [0.4, 0.5) is 18.0 Å².